The molecule has 0 aliphatic carbocycles. The highest BCUT2D eigenvalue weighted by Gasteiger charge is 2.14. The fourth-order valence-corrected chi connectivity index (χ4v) is 3.31. The molecule has 1 aromatic carbocycles. The second kappa shape index (κ2) is 7.65. The predicted molar refractivity (Wildman–Crippen MR) is 87.5 cm³/mol. The van der Waals surface area contributed by atoms with Crippen molar-refractivity contribution in [3.63, 3.8) is 0 Å². The Kier molecular flexibility index (Phi) is 6.51. The first-order valence-electron chi connectivity index (χ1n) is 6.04. The van der Waals surface area contributed by atoms with Crippen molar-refractivity contribution in [3.05, 3.63) is 28.2 Å². The molecule has 1 unspecified atom stereocenters. The Bertz CT molecular complexity index is 454. The van der Waals surface area contributed by atoms with Crippen molar-refractivity contribution in [3.8, 4) is 0 Å². The first-order chi connectivity index (χ1) is 9.04. The van der Waals surface area contributed by atoms with Crippen LogP contribution < -0.4 is 10.6 Å². The van der Waals surface area contributed by atoms with Crippen molar-refractivity contribution in [2.45, 2.75) is 19.4 Å². The maximum Gasteiger partial charge on any atom is 0.171 e. The topological polar surface area (TPSA) is 61.8 Å². The average Bonchev–Trinajstić information content (AvgIpc) is 2.43. The number of anilines is 1. The lowest BCUT2D eigenvalue weighted by Gasteiger charge is -2.29. The number of benzene rings is 1. The van der Waals surface area contributed by atoms with E-state index in [0.29, 0.717) is 11.6 Å². The Hall–Kier alpha value is -0.880. The molecule has 0 aromatic heterocycles. The number of hydrogen-bond donors (Lipinski definition) is 2. The Labute approximate surface area is 127 Å². The fraction of sp³-hybridized carbons (Fsp3) is 0.462. The van der Waals surface area contributed by atoms with Gasteiger partial charge in [0, 0.05) is 34.6 Å². The number of amidine groups is 1. The van der Waals surface area contributed by atoms with Gasteiger partial charge in [-0.1, -0.05) is 12.1 Å². The smallest absolute Gasteiger partial charge is 0.171 e. The lowest BCUT2D eigenvalue weighted by Crippen LogP contribution is -2.33. The van der Waals surface area contributed by atoms with Gasteiger partial charge in [-0.25, -0.2) is 0 Å². The summed E-state index contributed by atoms with van der Waals surface area (Å²) >= 11 is 5.31. The summed E-state index contributed by atoms with van der Waals surface area (Å²) in [7, 11) is 2.09. The molecule has 0 spiro atoms. The van der Waals surface area contributed by atoms with Crippen molar-refractivity contribution >= 4 is 39.2 Å². The fourth-order valence-electron chi connectivity index (χ4n) is 1.89. The molecule has 1 rings (SSSR count). The van der Waals surface area contributed by atoms with Crippen LogP contribution in [-0.2, 0) is 0 Å². The van der Waals surface area contributed by atoms with Crippen LogP contribution in [-0.4, -0.2) is 36.1 Å². The van der Waals surface area contributed by atoms with Gasteiger partial charge in [0.1, 0.15) is 0 Å². The molecule has 0 aliphatic rings. The molecule has 0 bridgehead atoms. The standard InChI is InChI=1S/C13H20BrN3OS/c1-4-9(8-19-3)17(2)10-5-6-11(12(14)7-10)13(15)16-18/h5-7,9,18H,4,8H2,1-3H3,(H2,15,16). The zero-order chi connectivity index (χ0) is 14.4. The summed E-state index contributed by atoms with van der Waals surface area (Å²) in [4.78, 5) is 2.26. The Morgan fingerprint density at radius 2 is 2.26 bits per heavy atom. The molecule has 3 N–H and O–H groups in total. The summed E-state index contributed by atoms with van der Waals surface area (Å²) in [6.07, 6.45) is 3.21. The molecule has 19 heavy (non-hydrogen) atoms. The predicted octanol–water partition coefficient (Wildman–Crippen LogP) is 3.12. The quantitative estimate of drug-likeness (QED) is 0.360. The second-order valence-corrected chi connectivity index (χ2v) is 6.04. The number of nitrogens with zero attached hydrogens (tertiary/aromatic N) is 2. The van der Waals surface area contributed by atoms with Gasteiger partial charge in [-0.3, -0.25) is 0 Å². The summed E-state index contributed by atoms with van der Waals surface area (Å²) in [5.41, 5.74) is 7.41. The van der Waals surface area contributed by atoms with Crippen molar-refractivity contribution in [1.29, 1.82) is 0 Å². The van der Waals surface area contributed by atoms with E-state index < -0.39 is 0 Å². The van der Waals surface area contributed by atoms with Crippen LogP contribution in [0.4, 0.5) is 5.69 Å². The van der Waals surface area contributed by atoms with Crippen LogP contribution in [0.2, 0.25) is 0 Å². The Balaban J connectivity index is 3.00. The summed E-state index contributed by atoms with van der Waals surface area (Å²) in [5, 5.41) is 11.7. The average molecular weight is 346 g/mol. The molecular weight excluding hydrogens is 326 g/mol. The molecule has 106 valence electrons. The molecular formula is C13H20BrN3OS. The SMILES string of the molecule is CCC(CSC)N(C)c1ccc(/C(N)=N/O)c(Br)c1. The van der Waals surface area contributed by atoms with Gasteiger partial charge in [0.2, 0.25) is 0 Å². The van der Waals surface area contributed by atoms with Crippen LogP contribution in [0.5, 0.6) is 0 Å². The maximum absolute atomic E-state index is 8.72. The summed E-state index contributed by atoms with van der Waals surface area (Å²) < 4.78 is 0.825. The van der Waals surface area contributed by atoms with E-state index in [1.165, 1.54) is 0 Å². The van der Waals surface area contributed by atoms with Gasteiger partial charge in [0.05, 0.1) is 0 Å². The molecule has 0 saturated heterocycles. The van der Waals surface area contributed by atoms with Crippen LogP contribution in [0.15, 0.2) is 27.8 Å². The number of oxime groups is 1. The number of thioether (sulfide) groups is 1. The highest BCUT2D eigenvalue weighted by molar-refractivity contribution is 9.10. The minimum Gasteiger partial charge on any atom is -0.409 e. The first kappa shape index (κ1) is 16.2. The van der Waals surface area contributed by atoms with E-state index in [2.05, 4.69) is 46.2 Å². The molecule has 0 amide bonds. The minimum atomic E-state index is 0.109. The lowest BCUT2D eigenvalue weighted by atomic mass is 10.1. The summed E-state index contributed by atoms with van der Waals surface area (Å²) in [6, 6.07) is 6.34. The van der Waals surface area contributed by atoms with Crippen LogP contribution in [0.1, 0.15) is 18.9 Å². The minimum absolute atomic E-state index is 0.109. The monoisotopic (exact) mass is 345 g/mol. The first-order valence-corrected chi connectivity index (χ1v) is 8.23. The number of halogens is 1. The number of hydrogen-bond acceptors (Lipinski definition) is 4. The molecule has 0 fully saturated rings. The Morgan fingerprint density at radius 3 is 2.74 bits per heavy atom. The summed E-state index contributed by atoms with van der Waals surface area (Å²) in [6.45, 7) is 2.19. The summed E-state index contributed by atoms with van der Waals surface area (Å²) in [5.74, 6) is 1.20. The highest BCUT2D eigenvalue weighted by Crippen LogP contribution is 2.26. The van der Waals surface area contributed by atoms with Gasteiger partial charge < -0.3 is 15.8 Å². The van der Waals surface area contributed by atoms with Gasteiger partial charge >= 0.3 is 0 Å². The van der Waals surface area contributed by atoms with Crippen molar-refractivity contribution in [2.24, 2.45) is 10.9 Å². The third-order valence-corrected chi connectivity index (χ3v) is 4.50. The molecule has 1 aromatic rings. The molecule has 0 aliphatic heterocycles. The van der Waals surface area contributed by atoms with Gasteiger partial charge in [0.25, 0.3) is 0 Å². The largest absolute Gasteiger partial charge is 0.409 e. The van der Waals surface area contributed by atoms with Crippen molar-refractivity contribution in [2.75, 3.05) is 24.0 Å². The zero-order valence-corrected chi connectivity index (χ0v) is 13.8. The van der Waals surface area contributed by atoms with E-state index >= 15 is 0 Å². The second-order valence-electron chi connectivity index (χ2n) is 4.28. The van der Waals surface area contributed by atoms with E-state index in [-0.39, 0.29) is 5.84 Å². The van der Waals surface area contributed by atoms with Gasteiger partial charge in [-0.15, -0.1) is 0 Å². The van der Waals surface area contributed by atoms with E-state index in [1.54, 1.807) is 0 Å². The van der Waals surface area contributed by atoms with Crippen LogP contribution in [0.25, 0.3) is 0 Å². The molecule has 0 saturated carbocycles. The van der Waals surface area contributed by atoms with Crippen molar-refractivity contribution < 1.29 is 5.21 Å². The molecule has 0 heterocycles. The highest BCUT2D eigenvalue weighted by atomic mass is 79.9. The molecule has 1 atom stereocenters. The third kappa shape index (κ3) is 4.04. The van der Waals surface area contributed by atoms with E-state index in [1.807, 2.05) is 30.0 Å². The normalized spacial score (nSPS) is 13.4. The van der Waals surface area contributed by atoms with E-state index in [0.717, 1.165) is 22.3 Å². The van der Waals surface area contributed by atoms with Crippen molar-refractivity contribution in [1.82, 2.24) is 0 Å². The number of rotatable bonds is 6. The Morgan fingerprint density at radius 1 is 1.58 bits per heavy atom. The van der Waals surface area contributed by atoms with E-state index in [9.17, 15) is 0 Å². The van der Waals surface area contributed by atoms with Gasteiger partial charge in [0.15, 0.2) is 5.84 Å². The molecule has 4 nitrogen and oxygen atoms in total. The van der Waals surface area contributed by atoms with Crippen LogP contribution >= 0.6 is 27.7 Å². The molecule has 0 radical (unpaired) electrons. The third-order valence-electron chi connectivity index (χ3n) is 3.12. The van der Waals surface area contributed by atoms with E-state index in [4.69, 9.17) is 10.9 Å². The zero-order valence-electron chi connectivity index (χ0n) is 11.4. The number of nitrogens with two attached hydrogens (primary N) is 1. The van der Waals surface area contributed by atoms with Crippen LogP contribution in [0.3, 0.4) is 0 Å². The van der Waals surface area contributed by atoms with Gasteiger partial charge in [-0.2, -0.15) is 11.8 Å². The lowest BCUT2D eigenvalue weighted by molar-refractivity contribution is 0.318. The van der Waals surface area contributed by atoms with Gasteiger partial charge in [-0.05, 0) is 46.8 Å². The molecule has 6 heteroatoms. The van der Waals surface area contributed by atoms with Crippen LogP contribution in [0, 0.1) is 0 Å². The maximum atomic E-state index is 8.72.